The first-order valence-corrected chi connectivity index (χ1v) is 8.53. The molecule has 1 atom stereocenters. The van der Waals surface area contributed by atoms with Gasteiger partial charge in [-0.05, 0) is 16.5 Å². The number of alkyl carbamates (subject to hydrolysis) is 1. The Morgan fingerprint density at radius 3 is 2.26 bits per heavy atom. The Hall–Kier alpha value is -3.00. The fourth-order valence-corrected chi connectivity index (χ4v) is 2.42. The van der Waals surface area contributed by atoms with Crippen molar-refractivity contribution in [3.05, 3.63) is 48.5 Å². The van der Waals surface area contributed by atoms with Crippen LogP contribution in [-0.2, 0) is 16.1 Å². The van der Waals surface area contributed by atoms with Crippen molar-refractivity contribution in [3.8, 4) is 11.1 Å². The monoisotopic (exact) mass is 371 g/mol. The summed E-state index contributed by atoms with van der Waals surface area (Å²) in [6.45, 7) is 6.02. The quantitative estimate of drug-likeness (QED) is 0.671. The number of amides is 2. The van der Waals surface area contributed by atoms with E-state index >= 15 is 0 Å². The maximum Gasteiger partial charge on any atom is 0.407 e. The van der Waals surface area contributed by atoms with Gasteiger partial charge in [0, 0.05) is 24.5 Å². The molecule has 1 heterocycles. The molecular formula is C19H25N5O3. The van der Waals surface area contributed by atoms with Gasteiger partial charge < -0.3 is 10.1 Å². The van der Waals surface area contributed by atoms with E-state index in [0.717, 1.165) is 16.7 Å². The number of ether oxygens (including phenoxy) is 1. The Balaban J connectivity index is 1.90. The molecule has 0 aliphatic rings. The van der Waals surface area contributed by atoms with Crippen molar-refractivity contribution in [3.63, 3.8) is 0 Å². The van der Waals surface area contributed by atoms with Crippen molar-refractivity contribution in [2.45, 2.75) is 33.4 Å². The highest BCUT2D eigenvalue weighted by Crippen LogP contribution is 2.20. The molecule has 0 unspecified atom stereocenters. The van der Waals surface area contributed by atoms with Crippen molar-refractivity contribution >= 4 is 12.0 Å². The zero-order valence-electron chi connectivity index (χ0n) is 15.9. The fraction of sp³-hybridized carbons (Fsp3) is 0.368. The van der Waals surface area contributed by atoms with E-state index in [0.29, 0.717) is 6.54 Å². The summed E-state index contributed by atoms with van der Waals surface area (Å²) in [6, 6.07) is 7.10. The Bertz CT molecular complexity index is 757. The van der Waals surface area contributed by atoms with E-state index in [1.54, 1.807) is 12.4 Å². The highest BCUT2D eigenvalue weighted by molar-refractivity contribution is 5.86. The zero-order chi connectivity index (χ0) is 19.9. The van der Waals surface area contributed by atoms with E-state index in [4.69, 9.17) is 0 Å². The number of carbonyl (C=O) groups excluding carboxylic acids is 2. The lowest BCUT2D eigenvalue weighted by molar-refractivity contribution is -0.126. The molecule has 0 aliphatic heterocycles. The molecule has 144 valence electrons. The summed E-state index contributed by atoms with van der Waals surface area (Å²) in [4.78, 5) is 31.9. The van der Waals surface area contributed by atoms with Gasteiger partial charge in [0.15, 0.2) is 0 Å². The summed E-state index contributed by atoms with van der Waals surface area (Å²) in [5.74, 6) is -0.342. The topological polar surface area (TPSA) is 105 Å². The first-order chi connectivity index (χ1) is 12.8. The SMILES string of the molecule is COC(=O)N[C@H](C(=O)NNCc1ccc(-c2cncnc2)cc1)C(C)(C)C. The molecule has 0 spiro atoms. The van der Waals surface area contributed by atoms with Crippen LogP contribution in [0.1, 0.15) is 26.3 Å². The fourth-order valence-electron chi connectivity index (χ4n) is 2.42. The molecule has 1 aromatic heterocycles. The van der Waals surface area contributed by atoms with Crippen LogP contribution in [0.3, 0.4) is 0 Å². The largest absolute Gasteiger partial charge is 0.453 e. The lowest BCUT2D eigenvalue weighted by atomic mass is 9.86. The van der Waals surface area contributed by atoms with E-state index in [1.165, 1.54) is 13.4 Å². The molecule has 0 fully saturated rings. The third-order valence-corrected chi connectivity index (χ3v) is 3.93. The molecule has 2 aromatic rings. The number of nitrogens with zero attached hydrogens (tertiary/aromatic N) is 2. The number of carbonyl (C=O) groups is 2. The number of hydrogen-bond acceptors (Lipinski definition) is 6. The van der Waals surface area contributed by atoms with Crippen molar-refractivity contribution in [2.75, 3.05) is 7.11 Å². The number of benzene rings is 1. The van der Waals surface area contributed by atoms with Crippen LogP contribution in [0.2, 0.25) is 0 Å². The molecule has 3 N–H and O–H groups in total. The van der Waals surface area contributed by atoms with Gasteiger partial charge in [-0.3, -0.25) is 10.2 Å². The Morgan fingerprint density at radius 1 is 1.07 bits per heavy atom. The second kappa shape index (κ2) is 9.09. The van der Waals surface area contributed by atoms with Gasteiger partial charge in [-0.15, -0.1) is 0 Å². The normalized spacial score (nSPS) is 12.1. The predicted molar refractivity (Wildman–Crippen MR) is 101 cm³/mol. The third-order valence-electron chi connectivity index (χ3n) is 3.93. The number of hydrazine groups is 1. The Labute approximate surface area is 158 Å². The standard InChI is InChI=1S/C19H25N5O3/c1-19(2,3)16(23-18(26)27-4)17(25)24-22-9-13-5-7-14(8-6-13)15-10-20-12-21-11-15/h5-8,10-12,16,22H,9H2,1-4H3,(H,23,26)(H,24,25)/t16-/m1/s1. The van der Waals surface area contributed by atoms with E-state index in [9.17, 15) is 9.59 Å². The van der Waals surface area contributed by atoms with Crippen molar-refractivity contribution < 1.29 is 14.3 Å². The minimum absolute atomic E-state index is 0.342. The summed E-state index contributed by atoms with van der Waals surface area (Å²) < 4.78 is 4.59. The van der Waals surface area contributed by atoms with E-state index in [2.05, 4.69) is 30.9 Å². The Kier molecular flexibility index (Phi) is 6.84. The second-order valence-electron chi connectivity index (χ2n) is 7.10. The summed E-state index contributed by atoms with van der Waals surface area (Å²) in [5, 5.41) is 2.56. The van der Waals surface area contributed by atoms with Gasteiger partial charge in [0.05, 0.1) is 7.11 Å². The van der Waals surface area contributed by atoms with Gasteiger partial charge in [0.25, 0.3) is 5.91 Å². The van der Waals surface area contributed by atoms with Crippen LogP contribution in [-0.4, -0.2) is 35.1 Å². The molecule has 8 heteroatoms. The summed E-state index contributed by atoms with van der Waals surface area (Å²) in [5.41, 5.74) is 7.99. The van der Waals surface area contributed by atoms with Crippen molar-refractivity contribution in [1.82, 2.24) is 26.1 Å². The lowest BCUT2D eigenvalue weighted by Gasteiger charge is -2.29. The van der Waals surface area contributed by atoms with Crippen LogP contribution >= 0.6 is 0 Å². The molecule has 0 bridgehead atoms. The minimum atomic E-state index is -0.738. The van der Waals surface area contributed by atoms with Gasteiger partial charge in [-0.1, -0.05) is 45.0 Å². The number of hydrogen-bond donors (Lipinski definition) is 3. The summed E-state index contributed by atoms with van der Waals surface area (Å²) in [6.07, 6.45) is 4.35. The molecule has 2 rings (SSSR count). The summed E-state index contributed by atoms with van der Waals surface area (Å²) in [7, 11) is 1.26. The highest BCUT2D eigenvalue weighted by Gasteiger charge is 2.33. The van der Waals surface area contributed by atoms with Crippen molar-refractivity contribution in [1.29, 1.82) is 0 Å². The molecule has 0 saturated heterocycles. The molecule has 0 radical (unpaired) electrons. The van der Waals surface area contributed by atoms with Gasteiger partial charge in [-0.2, -0.15) is 0 Å². The van der Waals surface area contributed by atoms with Crippen LogP contribution in [0.5, 0.6) is 0 Å². The first-order valence-electron chi connectivity index (χ1n) is 8.53. The zero-order valence-corrected chi connectivity index (χ0v) is 15.9. The van der Waals surface area contributed by atoms with Crippen LogP contribution in [0.15, 0.2) is 43.0 Å². The van der Waals surface area contributed by atoms with Crippen LogP contribution in [0.4, 0.5) is 4.79 Å². The molecule has 1 aromatic carbocycles. The lowest BCUT2D eigenvalue weighted by Crippen LogP contribution is -2.56. The average molecular weight is 371 g/mol. The minimum Gasteiger partial charge on any atom is -0.453 e. The molecule has 27 heavy (non-hydrogen) atoms. The first kappa shape index (κ1) is 20.3. The maximum absolute atomic E-state index is 12.4. The number of nitrogens with one attached hydrogen (secondary N) is 3. The average Bonchev–Trinajstić information content (AvgIpc) is 2.66. The van der Waals surface area contributed by atoms with Gasteiger partial charge in [0.1, 0.15) is 12.4 Å². The third kappa shape index (κ3) is 6.03. The molecule has 0 aliphatic carbocycles. The summed E-state index contributed by atoms with van der Waals surface area (Å²) >= 11 is 0. The smallest absolute Gasteiger partial charge is 0.407 e. The van der Waals surface area contributed by atoms with E-state index in [-0.39, 0.29) is 5.91 Å². The number of methoxy groups -OCH3 is 1. The highest BCUT2D eigenvalue weighted by atomic mass is 16.5. The number of aromatic nitrogens is 2. The molecular weight excluding hydrogens is 346 g/mol. The van der Waals surface area contributed by atoms with Crippen molar-refractivity contribution in [2.24, 2.45) is 5.41 Å². The second-order valence-corrected chi connectivity index (χ2v) is 7.10. The van der Waals surface area contributed by atoms with Crippen LogP contribution in [0, 0.1) is 5.41 Å². The van der Waals surface area contributed by atoms with Gasteiger partial charge in [-0.25, -0.2) is 20.2 Å². The predicted octanol–water partition coefficient (Wildman–Crippen LogP) is 2.04. The van der Waals surface area contributed by atoms with Gasteiger partial charge in [0.2, 0.25) is 0 Å². The molecule has 2 amide bonds. The van der Waals surface area contributed by atoms with Crippen LogP contribution in [0.25, 0.3) is 11.1 Å². The molecule has 8 nitrogen and oxygen atoms in total. The number of rotatable bonds is 6. The van der Waals surface area contributed by atoms with Crippen LogP contribution < -0.4 is 16.2 Å². The Morgan fingerprint density at radius 2 is 1.70 bits per heavy atom. The van der Waals surface area contributed by atoms with E-state index < -0.39 is 17.6 Å². The van der Waals surface area contributed by atoms with Gasteiger partial charge >= 0.3 is 6.09 Å². The van der Waals surface area contributed by atoms with E-state index in [1.807, 2.05) is 45.0 Å². The molecule has 0 saturated carbocycles. The maximum atomic E-state index is 12.4.